The second-order valence-corrected chi connectivity index (χ2v) is 10.1. The summed E-state index contributed by atoms with van der Waals surface area (Å²) in [6.07, 6.45) is 1.71. The number of rotatable bonds is 8. The van der Waals surface area contributed by atoms with Gasteiger partial charge in [-0.2, -0.15) is 0 Å². The Kier molecular flexibility index (Phi) is 8.82. The van der Waals surface area contributed by atoms with Crippen LogP contribution in [0.3, 0.4) is 0 Å². The van der Waals surface area contributed by atoms with Crippen LogP contribution in [0, 0.1) is 0 Å². The largest absolute Gasteiger partial charge is 0.497 e. The summed E-state index contributed by atoms with van der Waals surface area (Å²) in [5, 5.41) is 9.53. The second kappa shape index (κ2) is 11.6. The van der Waals surface area contributed by atoms with Crippen LogP contribution in [0.1, 0.15) is 40.5 Å². The predicted molar refractivity (Wildman–Crippen MR) is 132 cm³/mol. The number of aromatic nitrogens is 3. The van der Waals surface area contributed by atoms with Crippen molar-refractivity contribution in [3.63, 3.8) is 0 Å². The number of piperazine rings is 1. The predicted octanol–water partition coefficient (Wildman–Crippen LogP) is 3.93. The molecule has 0 aliphatic carbocycles. The van der Waals surface area contributed by atoms with Crippen molar-refractivity contribution in [3.8, 4) is 17.1 Å². The number of methoxy groups -OCH3 is 1. The lowest BCUT2D eigenvalue weighted by Gasteiger charge is -2.35. The molecular formula is C24H35N5O4S. The molecule has 0 saturated carbocycles. The highest BCUT2D eigenvalue weighted by Crippen LogP contribution is 2.26. The molecule has 186 valence electrons. The van der Waals surface area contributed by atoms with E-state index in [0.29, 0.717) is 26.2 Å². The van der Waals surface area contributed by atoms with Crippen molar-refractivity contribution < 1.29 is 19.1 Å². The zero-order valence-corrected chi connectivity index (χ0v) is 21.6. The first-order valence-electron chi connectivity index (χ1n) is 11.7. The SMILES string of the molecule is CCCCn1c(SCC(=O)N2CCN(C(=O)OC(C)(C)C)CC2)nnc1-c1ccc(OC)cc1. The quantitative estimate of drug-likeness (QED) is 0.519. The molecule has 0 spiro atoms. The summed E-state index contributed by atoms with van der Waals surface area (Å²) in [5.74, 6) is 1.89. The Bertz CT molecular complexity index is 963. The van der Waals surface area contributed by atoms with Gasteiger partial charge in [-0.15, -0.1) is 10.2 Å². The van der Waals surface area contributed by atoms with Gasteiger partial charge in [0.2, 0.25) is 5.91 Å². The molecule has 1 aromatic carbocycles. The van der Waals surface area contributed by atoms with Gasteiger partial charge in [-0.1, -0.05) is 25.1 Å². The highest BCUT2D eigenvalue weighted by Gasteiger charge is 2.28. The number of benzene rings is 1. The molecule has 1 saturated heterocycles. The molecule has 34 heavy (non-hydrogen) atoms. The summed E-state index contributed by atoms with van der Waals surface area (Å²) in [6.45, 7) is 10.4. The van der Waals surface area contributed by atoms with Gasteiger partial charge in [-0.3, -0.25) is 4.79 Å². The van der Waals surface area contributed by atoms with Crippen molar-refractivity contribution in [1.82, 2.24) is 24.6 Å². The van der Waals surface area contributed by atoms with E-state index >= 15 is 0 Å². The van der Waals surface area contributed by atoms with Crippen molar-refractivity contribution in [2.24, 2.45) is 0 Å². The minimum Gasteiger partial charge on any atom is -0.497 e. The molecule has 3 rings (SSSR count). The number of thioether (sulfide) groups is 1. The minimum absolute atomic E-state index is 0.0323. The van der Waals surface area contributed by atoms with Crippen LogP contribution in [0.15, 0.2) is 29.4 Å². The van der Waals surface area contributed by atoms with Crippen molar-refractivity contribution in [2.75, 3.05) is 39.0 Å². The Hall–Kier alpha value is -2.75. The molecular weight excluding hydrogens is 454 g/mol. The van der Waals surface area contributed by atoms with Gasteiger partial charge < -0.3 is 23.8 Å². The molecule has 0 bridgehead atoms. The van der Waals surface area contributed by atoms with Crippen LogP contribution in [-0.2, 0) is 16.1 Å². The van der Waals surface area contributed by atoms with Crippen LogP contribution >= 0.6 is 11.8 Å². The van der Waals surface area contributed by atoms with Gasteiger partial charge in [0.05, 0.1) is 12.9 Å². The molecule has 2 amide bonds. The number of carbonyl (C=O) groups excluding carboxylic acids is 2. The standard InChI is InChI=1S/C24H35N5O4S/c1-6-7-12-29-21(18-8-10-19(32-5)11-9-18)25-26-22(29)34-17-20(30)27-13-15-28(16-14-27)23(31)33-24(2,3)4/h8-11H,6-7,12-17H2,1-5H3. The Balaban J connectivity index is 1.60. The number of hydrogen-bond acceptors (Lipinski definition) is 7. The van der Waals surface area contributed by atoms with Gasteiger partial charge in [0.15, 0.2) is 11.0 Å². The normalized spacial score (nSPS) is 14.3. The molecule has 0 unspecified atom stereocenters. The lowest BCUT2D eigenvalue weighted by atomic mass is 10.2. The van der Waals surface area contributed by atoms with Crippen LogP contribution in [0.4, 0.5) is 4.79 Å². The molecule has 1 aromatic heterocycles. The highest BCUT2D eigenvalue weighted by molar-refractivity contribution is 7.99. The molecule has 10 heteroatoms. The fourth-order valence-corrected chi connectivity index (χ4v) is 4.42. The maximum absolute atomic E-state index is 12.8. The minimum atomic E-state index is -0.529. The number of hydrogen-bond donors (Lipinski definition) is 0. The highest BCUT2D eigenvalue weighted by atomic mass is 32.2. The Morgan fingerprint density at radius 3 is 2.26 bits per heavy atom. The third-order valence-corrected chi connectivity index (χ3v) is 6.36. The molecule has 9 nitrogen and oxygen atoms in total. The number of amides is 2. The summed E-state index contributed by atoms with van der Waals surface area (Å²) >= 11 is 1.41. The Morgan fingerprint density at radius 1 is 1.03 bits per heavy atom. The fourth-order valence-electron chi connectivity index (χ4n) is 3.55. The summed E-state index contributed by atoms with van der Waals surface area (Å²) in [5.41, 5.74) is 0.430. The van der Waals surface area contributed by atoms with Gasteiger partial charge in [0.1, 0.15) is 11.4 Å². The lowest BCUT2D eigenvalue weighted by molar-refractivity contribution is -0.130. The first kappa shape index (κ1) is 25.9. The van der Waals surface area contributed by atoms with Crippen LogP contribution in [0.2, 0.25) is 0 Å². The van der Waals surface area contributed by atoms with E-state index in [0.717, 1.165) is 41.7 Å². The van der Waals surface area contributed by atoms with Gasteiger partial charge >= 0.3 is 6.09 Å². The van der Waals surface area contributed by atoms with Crippen molar-refractivity contribution in [1.29, 1.82) is 0 Å². The smallest absolute Gasteiger partial charge is 0.410 e. The van der Waals surface area contributed by atoms with Crippen LogP contribution in [0.25, 0.3) is 11.4 Å². The van der Waals surface area contributed by atoms with Crippen molar-refractivity contribution in [3.05, 3.63) is 24.3 Å². The molecule has 2 aromatic rings. The van der Waals surface area contributed by atoms with Gasteiger partial charge in [0, 0.05) is 38.3 Å². The first-order valence-corrected chi connectivity index (χ1v) is 12.7. The molecule has 0 atom stereocenters. The zero-order chi connectivity index (χ0) is 24.7. The fraction of sp³-hybridized carbons (Fsp3) is 0.583. The zero-order valence-electron chi connectivity index (χ0n) is 20.7. The van der Waals surface area contributed by atoms with E-state index in [1.807, 2.05) is 45.0 Å². The third kappa shape index (κ3) is 6.88. The Labute approximate surface area is 205 Å². The van der Waals surface area contributed by atoms with E-state index in [1.54, 1.807) is 16.9 Å². The molecule has 2 heterocycles. The summed E-state index contributed by atoms with van der Waals surface area (Å²) in [7, 11) is 1.64. The maximum Gasteiger partial charge on any atom is 0.410 e. The third-order valence-electron chi connectivity index (χ3n) is 5.41. The van der Waals surface area contributed by atoms with E-state index in [9.17, 15) is 9.59 Å². The van der Waals surface area contributed by atoms with E-state index in [2.05, 4.69) is 21.7 Å². The van der Waals surface area contributed by atoms with E-state index in [-0.39, 0.29) is 17.8 Å². The van der Waals surface area contributed by atoms with E-state index in [1.165, 1.54) is 11.8 Å². The molecule has 1 fully saturated rings. The molecule has 0 radical (unpaired) electrons. The van der Waals surface area contributed by atoms with Crippen LogP contribution < -0.4 is 4.74 Å². The van der Waals surface area contributed by atoms with Crippen LogP contribution in [-0.4, -0.2) is 81.2 Å². The maximum atomic E-state index is 12.8. The molecule has 1 aliphatic heterocycles. The van der Waals surface area contributed by atoms with E-state index < -0.39 is 5.60 Å². The number of unbranched alkanes of at least 4 members (excludes halogenated alkanes) is 1. The first-order chi connectivity index (χ1) is 16.2. The molecule has 0 N–H and O–H groups in total. The average Bonchev–Trinajstić information content (AvgIpc) is 3.22. The number of ether oxygens (including phenoxy) is 2. The topological polar surface area (TPSA) is 89.8 Å². The van der Waals surface area contributed by atoms with Gasteiger partial charge in [0.25, 0.3) is 0 Å². The average molecular weight is 490 g/mol. The van der Waals surface area contributed by atoms with Crippen LogP contribution in [0.5, 0.6) is 5.75 Å². The second-order valence-electron chi connectivity index (χ2n) is 9.18. The number of nitrogens with zero attached hydrogens (tertiary/aromatic N) is 5. The van der Waals surface area contributed by atoms with E-state index in [4.69, 9.17) is 9.47 Å². The number of carbonyl (C=O) groups is 2. The summed E-state index contributed by atoms with van der Waals surface area (Å²) in [6, 6.07) is 7.74. The van der Waals surface area contributed by atoms with Crippen molar-refractivity contribution >= 4 is 23.8 Å². The summed E-state index contributed by atoms with van der Waals surface area (Å²) < 4.78 is 12.8. The lowest BCUT2D eigenvalue weighted by Crippen LogP contribution is -2.52. The molecule has 1 aliphatic rings. The Morgan fingerprint density at radius 2 is 1.68 bits per heavy atom. The van der Waals surface area contributed by atoms with Crippen molar-refractivity contribution in [2.45, 2.75) is 57.8 Å². The van der Waals surface area contributed by atoms with Gasteiger partial charge in [-0.05, 0) is 51.5 Å². The summed E-state index contributed by atoms with van der Waals surface area (Å²) in [4.78, 5) is 28.6. The van der Waals surface area contributed by atoms with Gasteiger partial charge in [-0.25, -0.2) is 4.79 Å². The monoisotopic (exact) mass is 489 g/mol.